The summed E-state index contributed by atoms with van der Waals surface area (Å²) in [5.41, 5.74) is 3.20. The smallest absolute Gasteiger partial charge is 0.160 e. The number of aromatic amines is 1. The molecule has 4 rings (SSSR count). The Balaban J connectivity index is 1.61. The second-order valence-electron chi connectivity index (χ2n) is 6.02. The van der Waals surface area contributed by atoms with Crippen LogP contribution in [0.2, 0.25) is 0 Å². The van der Waals surface area contributed by atoms with Crippen molar-refractivity contribution in [1.29, 1.82) is 0 Å². The van der Waals surface area contributed by atoms with Gasteiger partial charge in [0, 0.05) is 36.4 Å². The van der Waals surface area contributed by atoms with Crippen LogP contribution < -0.4 is 0 Å². The molecule has 0 aromatic carbocycles. The summed E-state index contributed by atoms with van der Waals surface area (Å²) < 4.78 is 7.97. The Morgan fingerprint density at radius 3 is 2.91 bits per heavy atom. The van der Waals surface area contributed by atoms with Gasteiger partial charge in [-0.15, -0.1) is 0 Å². The topological polar surface area (TPSA) is 68.6 Å². The van der Waals surface area contributed by atoms with E-state index in [1.807, 2.05) is 37.8 Å². The van der Waals surface area contributed by atoms with Gasteiger partial charge in [-0.2, -0.15) is 5.10 Å². The highest BCUT2D eigenvalue weighted by molar-refractivity contribution is 5.50. The van der Waals surface area contributed by atoms with Crippen molar-refractivity contribution < 1.29 is 4.74 Å². The van der Waals surface area contributed by atoms with E-state index >= 15 is 0 Å². The van der Waals surface area contributed by atoms with Crippen LogP contribution in [0.5, 0.6) is 0 Å². The van der Waals surface area contributed by atoms with Crippen LogP contribution in [0.4, 0.5) is 0 Å². The van der Waals surface area contributed by atoms with Crippen molar-refractivity contribution in [2.24, 2.45) is 5.92 Å². The molecule has 0 bridgehead atoms. The number of ether oxygens (including phenoxy) is 1. The van der Waals surface area contributed by atoms with Gasteiger partial charge in [0.05, 0.1) is 19.3 Å². The van der Waals surface area contributed by atoms with Crippen LogP contribution in [0.25, 0.3) is 11.5 Å². The van der Waals surface area contributed by atoms with Crippen LogP contribution in [-0.2, 0) is 11.2 Å². The van der Waals surface area contributed by atoms with Crippen molar-refractivity contribution in [2.75, 3.05) is 13.2 Å². The van der Waals surface area contributed by atoms with Gasteiger partial charge in [0.25, 0.3) is 0 Å². The van der Waals surface area contributed by atoms with Gasteiger partial charge in [-0.3, -0.25) is 10.1 Å². The summed E-state index contributed by atoms with van der Waals surface area (Å²) >= 11 is 0. The van der Waals surface area contributed by atoms with Gasteiger partial charge in [-0.1, -0.05) is 0 Å². The number of aromatic nitrogens is 5. The molecule has 1 aliphatic rings. The molecule has 0 aliphatic carbocycles. The van der Waals surface area contributed by atoms with E-state index in [0.29, 0.717) is 12.5 Å². The molecule has 2 atom stereocenters. The Morgan fingerprint density at radius 2 is 2.13 bits per heavy atom. The first-order chi connectivity index (χ1) is 11.3. The van der Waals surface area contributed by atoms with E-state index in [4.69, 9.17) is 4.74 Å². The molecular weight excluding hydrogens is 290 g/mol. The second kappa shape index (κ2) is 5.96. The van der Waals surface area contributed by atoms with E-state index < -0.39 is 0 Å². The summed E-state index contributed by atoms with van der Waals surface area (Å²) in [6.07, 6.45) is 8.52. The molecule has 1 N–H and O–H groups in total. The zero-order valence-corrected chi connectivity index (χ0v) is 13.0. The Morgan fingerprint density at radius 1 is 1.26 bits per heavy atom. The quantitative estimate of drug-likeness (QED) is 0.803. The number of pyridine rings is 1. The maximum atomic E-state index is 5.77. The number of hydrogen-bond acceptors (Lipinski definition) is 4. The highest BCUT2D eigenvalue weighted by Gasteiger charge is 2.31. The largest absolute Gasteiger partial charge is 0.379 e. The van der Waals surface area contributed by atoms with Gasteiger partial charge >= 0.3 is 0 Å². The van der Waals surface area contributed by atoms with Crippen LogP contribution >= 0.6 is 0 Å². The SMILES string of the molecule is Cc1cc(-c2nccn2[C@@H]2COC[C@@H]2Cc2ccncc2)n[nH]1. The molecule has 118 valence electrons. The van der Waals surface area contributed by atoms with Crippen LogP contribution in [0.3, 0.4) is 0 Å². The summed E-state index contributed by atoms with van der Waals surface area (Å²) in [6, 6.07) is 6.44. The van der Waals surface area contributed by atoms with E-state index in [1.165, 1.54) is 5.56 Å². The number of H-pyrrole nitrogens is 1. The summed E-state index contributed by atoms with van der Waals surface area (Å²) in [6.45, 7) is 3.47. The molecule has 0 saturated carbocycles. The third-order valence-corrected chi connectivity index (χ3v) is 4.37. The van der Waals surface area contributed by atoms with Gasteiger partial charge in [0.1, 0.15) is 5.69 Å². The number of hydrogen-bond donors (Lipinski definition) is 1. The van der Waals surface area contributed by atoms with Gasteiger partial charge in [-0.05, 0) is 37.1 Å². The number of aryl methyl sites for hydroxylation is 1. The predicted molar refractivity (Wildman–Crippen MR) is 85.8 cm³/mol. The molecule has 3 aromatic heterocycles. The van der Waals surface area contributed by atoms with Gasteiger partial charge in [-0.25, -0.2) is 4.98 Å². The summed E-state index contributed by atoms with van der Waals surface area (Å²) in [4.78, 5) is 8.59. The number of nitrogens with zero attached hydrogens (tertiary/aromatic N) is 4. The fourth-order valence-corrected chi connectivity index (χ4v) is 3.22. The predicted octanol–water partition coefficient (Wildman–Crippen LogP) is 2.41. The molecule has 23 heavy (non-hydrogen) atoms. The van der Waals surface area contributed by atoms with Crippen molar-refractivity contribution in [3.05, 3.63) is 54.2 Å². The van der Waals surface area contributed by atoms with Gasteiger partial charge in [0.15, 0.2) is 5.82 Å². The average molecular weight is 309 g/mol. The molecular formula is C17H19N5O. The fourth-order valence-electron chi connectivity index (χ4n) is 3.22. The summed E-state index contributed by atoms with van der Waals surface area (Å²) in [7, 11) is 0. The minimum atomic E-state index is 0.276. The first-order valence-electron chi connectivity index (χ1n) is 7.83. The van der Waals surface area contributed by atoms with Crippen LogP contribution in [0.1, 0.15) is 17.3 Å². The number of imidazole rings is 1. The standard InChI is InChI=1S/C17H19N5O/c1-12-8-15(21-20-12)17-19-6-7-22(17)16-11-23-10-14(16)9-13-2-4-18-5-3-13/h2-8,14,16H,9-11H2,1H3,(H,20,21)/t14-,16+/m0/s1. The zero-order valence-electron chi connectivity index (χ0n) is 13.0. The lowest BCUT2D eigenvalue weighted by Crippen LogP contribution is -2.20. The Bertz CT molecular complexity index is 779. The Labute approximate surface area is 134 Å². The van der Waals surface area contributed by atoms with Crippen molar-refractivity contribution in [3.8, 4) is 11.5 Å². The number of nitrogens with one attached hydrogen (secondary N) is 1. The van der Waals surface area contributed by atoms with Gasteiger partial charge in [0.2, 0.25) is 0 Å². The molecule has 6 nitrogen and oxygen atoms in total. The minimum absolute atomic E-state index is 0.276. The van der Waals surface area contributed by atoms with Crippen molar-refractivity contribution in [3.63, 3.8) is 0 Å². The van der Waals surface area contributed by atoms with E-state index in [1.54, 1.807) is 0 Å². The lowest BCUT2D eigenvalue weighted by atomic mass is 9.95. The molecule has 0 amide bonds. The van der Waals surface area contributed by atoms with E-state index in [0.717, 1.165) is 30.2 Å². The first kappa shape index (κ1) is 14.1. The molecule has 1 fully saturated rings. The molecule has 0 radical (unpaired) electrons. The Hall–Kier alpha value is -2.47. The molecule has 6 heteroatoms. The normalized spacial score (nSPS) is 20.9. The van der Waals surface area contributed by atoms with Crippen LogP contribution in [0.15, 0.2) is 43.0 Å². The van der Waals surface area contributed by atoms with Crippen LogP contribution in [-0.4, -0.2) is 37.9 Å². The third kappa shape index (κ3) is 2.77. The lowest BCUT2D eigenvalue weighted by Gasteiger charge is -2.20. The van der Waals surface area contributed by atoms with Crippen LogP contribution in [0, 0.1) is 12.8 Å². The third-order valence-electron chi connectivity index (χ3n) is 4.37. The van der Waals surface area contributed by atoms with E-state index in [-0.39, 0.29) is 6.04 Å². The molecule has 1 saturated heterocycles. The Kier molecular flexibility index (Phi) is 3.67. The lowest BCUT2D eigenvalue weighted by molar-refractivity contribution is 0.181. The monoisotopic (exact) mass is 309 g/mol. The van der Waals surface area contributed by atoms with Crippen molar-refractivity contribution in [2.45, 2.75) is 19.4 Å². The number of rotatable bonds is 4. The van der Waals surface area contributed by atoms with Crippen molar-refractivity contribution in [1.82, 2.24) is 24.7 Å². The molecule has 4 heterocycles. The summed E-state index contributed by atoms with van der Waals surface area (Å²) in [5, 5.41) is 7.33. The highest BCUT2D eigenvalue weighted by Crippen LogP contribution is 2.32. The van der Waals surface area contributed by atoms with Gasteiger partial charge < -0.3 is 9.30 Å². The maximum Gasteiger partial charge on any atom is 0.160 e. The molecule has 0 spiro atoms. The minimum Gasteiger partial charge on any atom is -0.379 e. The van der Waals surface area contributed by atoms with Crippen molar-refractivity contribution >= 4 is 0 Å². The zero-order chi connectivity index (χ0) is 15.6. The second-order valence-corrected chi connectivity index (χ2v) is 6.02. The van der Waals surface area contributed by atoms with E-state index in [9.17, 15) is 0 Å². The summed E-state index contributed by atoms with van der Waals surface area (Å²) in [5.74, 6) is 1.31. The fraction of sp³-hybridized carbons (Fsp3) is 0.353. The maximum absolute atomic E-state index is 5.77. The molecule has 0 unspecified atom stereocenters. The molecule has 3 aromatic rings. The average Bonchev–Trinajstić information content (AvgIpc) is 3.28. The molecule has 1 aliphatic heterocycles. The van der Waals surface area contributed by atoms with E-state index in [2.05, 4.69) is 36.9 Å². The first-order valence-corrected chi connectivity index (χ1v) is 7.83. The highest BCUT2D eigenvalue weighted by atomic mass is 16.5.